The van der Waals surface area contributed by atoms with Gasteiger partial charge in [0, 0.05) is 17.7 Å². The molecule has 0 radical (unpaired) electrons. The van der Waals surface area contributed by atoms with E-state index in [2.05, 4.69) is 42.2 Å². The van der Waals surface area contributed by atoms with Crippen molar-refractivity contribution in [2.24, 2.45) is 0 Å². The van der Waals surface area contributed by atoms with Crippen molar-refractivity contribution in [1.29, 1.82) is 0 Å². The maximum absolute atomic E-state index is 3.21. The van der Waals surface area contributed by atoms with Gasteiger partial charge in [-0.2, -0.15) is 0 Å². The van der Waals surface area contributed by atoms with Crippen molar-refractivity contribution in [3.8, 4) is 11.3 Å². The van der Waals surface area contributed by atoms with Crippen LogP contribution >= 0.6 is 0 Å². The first kappa shape index (κ1) is 11.1. The summed E-state index contributed by atoms with van der Waals surface area (Å²) in [5.74, 6) is 0. The molecule has 2 rings (SSSR count). The van der Waals surface area contributed by atoms with E-state index >= 15 is 0 Å². The first-order chi connectivity index (χ1) is 6.36. The molecule has 2 aromatic rings. The third-order valence-electron chi connectivity index (χ3n) is 2.04. The first-order valence-electron chi connectivity index (χ1n) is 4.40. The zero-order valence-electron chi connectivity index (χ0n) is 7.95. The summed E-state index contributed by atoms with van der Waals surface area (Å²) in [6, 6.07) is 14.6. The molecule has 0 aliphatic carbocycles. The topological polar surface area (TPSA) is 14.1 Å². The Morgan fingerprint density at radius 2 is 1.86 bits per heavy atom. The van der Waals surface area contributed by atoms with E-state index in [1.54, 1.807) is 0 Å². The number of benzene rings is 1. The zero-order chi connectivity index (χ0) is 9.10. The first-order valence-corrected chi connectivity index (χ1v) is 4.40. The van der Waals surface area contributed by atoms with Crippen molar-refractivity contribution in [1.82, 2.24) is 0 Å². The van der Waals surface area contributed by atoms with Crippen LogP contribution in [0.3, 0.4) is 0 Å². The summed E-state index contributed by atoms with van der Waals surface area (Å²) in [7, 11) is 0. The predicted octanol–water partition coefficient (Wildman–Crippen LogP) is 2.47. The minimum absolute atomic E-state index is 0. The quantitative estimate of drug-likeness (QED) is 0.740. The molecule has 2 heteroatoms. The average molecular weight is 362 g/mol. The van der Waals surface area contributed by atoms with Gasteiger partial charge in [0.2, 0.25) is 5.69 Å². The minimum atomic E-state index is 0. The fraction of sp³-hybridized carbons (Fsp3) is 0.0833. The van der Waals surface area contributed by atoms with Gasteiger partial charge in [0.15, 0.2) is 6.20 Å². The second-order valence-corrected chi connectivity index (χ2v) is 3.15. The standard InChI is InChI=1S/C12H11N.Ir/c1-10-5-4-6-11(9-10)12-7-2-3-8-13-12;/h2-9H,1H3;/q;+3/p+1. The fourth-order valence-electron chi connectivity index (χ4n) is 1.39. The van der Waals surface area contributed by atoms with E-state index in [1.807, 2.05) is 18.3 Å². The maximum atomic E-state index is 3.21. The molecule has 0 unspecified atom stereocenters. The zero-order valence-corrected chi connectivity index (χ0v) is 10.3. The van der Waals surface area contributed by atoms with Crippen LogP contribution in [-0.4, -0.2) is 0 Å². The van der Waals surface area contributed by atoms with Crippen molar-refractivity contribution in [3.63, 3.8) is 0 Å². The number of aromatic nitrogens is 1. The molecule has 0 amide bonds. The van der Waals surface area contributed by atoms with E-state index in [1.165, 1.54) is 11.1 Å². The summed E-state index contributed by atoms with van der Waals surface area (Å²) in [5, 5.41) is 0. The van der Waals surface area contributed by atoms with Crippen molar-refractivity contribution < 1.29 is 25.1 Å². The Kier molecular flexibility index (Phi) is 3.99. The summed E-state index contributed by atoms with van der Waals surface area (Å²) in [6.45, 7) is 2.10. The molecule has 1 N–H and O–H groups in total. The molecule has 1 nitrogen and oxygen atoms in total. The largest absolute Gasteiger partial charge is 3.00 e. The van der Waals surface area contributed by atoms with Crippen LogP contribution in [0.1, 0.15) is 5.56 Å². The number of hydrogen-bond acceptors (Lipinski definition) is 0. The van der Waals surface area contributed by atoms with Crippen molar-refractivity contribution in [3.05, 3.63) is 54.2 Å². The SMILES string of the molecule is Cc1cccc(-c2cccc[nH+]2)c1.[Ir+3]. The summed E-state index contributed by atoms with van der Waals surface area (Å²) in [4.78, 5) is 3.21. The van der Waals surface area contributed by atoms with Crippen LogP contribution in [0.5, 0.6) is 0 Å². The van der Waals surface area contributed by atoms with Gasteiger partial charge in [0.05, 0.1) is 0 Å². The summed E-state index contributed by atoms with van der Waals surface area (Å²) < 4.78 is 0. The van der Waals surface area contributed by atoms with Crippen LogP contribution in [0.2, 0.25) is 0 Å². The Balaban J connectivity index is 0.000000980. The third-order valence-corrected chi connectivity index (χ3v) is 2.04. The number of hydrogen-bond donors (Lipinski definition) is 0. The Morgan fingerprint density at radius 1 is 1.00 bits per heavy atom. The van der Waals surface area contributed by atoms with Gasteiger partial charge in [-0.15, -0.1) is 0 Å². The normalized spacial score (nSPS) is 9.21. The predicted molar refractivity (Wildman–Crippen MR) is 53.2 cm³/mol. The van der Waals surface area contributed by atoms with Gasteiger partial charge in [-0.3, -0.25) is 0 Å². The minimum Gasteiger partial charge on any atom is -0.211 e. The van der Waals surface area contributed by atoms with Gasteiger partial charge < -0.3 is 0 Å². The van der Waals surface area contributed by atoms with E-state index in [0.29, 0.717) is 0 Å². The Morgan fingerprint density at radius 3 is 2.50 bits per heavy atom. The molecular formula is C12H12IrN+4. The van der Waals surface area contributed by atoms with Crippen LogP contribution < -0.4 is 4.98 Å². The van der Waals surface area contributed by atoms with E-state index in [9.17, 15) is 0 Å². The van der Waals surface area contributed by atoms with Gasteiger partial charge in [-0.1, -0.05) is 17.7 Å². The molecule has 0 fully saturated rings. The van der Waals surface area contributed by atoms with Crippen LogP contribution in [0, 0.1) is 6.92 Å². The maximum Gasteiger partial charge on any atom is 3.00 e. The van der Waals surface area contributed by atoms with Gasteiger partial charge in [0.25, 0.3) is 0 Å². The molecule has 0 aliphatic heterocycles. The molecule has 0 saturated heterocycles. The van der Waals surface area contributed by atoms with Crippen molar-refractivity contribution in [2.45, 2.75) is 6.92 Å². The number of aromatic amines is 1. The summed E-state index contributed by atoms with van der Waals surface area (Å²) in [6.07, 6.45) is 1.94. The van der Waals surface area contributed by atoms with E-state index in [0.717, 1.165) is 5.69 Å². The van der Waals surface area contributed by atoms with E-state index in [4.69, 9.17) is 0 Å². The Hall–Kier alpha value is -0.981. The van der Waals surface area contributed by atoms with Gasteiger partial charge in [-0.05, 0) is 25.1 Å². The Labute approximate surface area is 97.6 Å². The van der Waals surface area contributed by atoms with E-state index in [-0.39, 0.29) is 20.1 Å². The Bertz CT molecular complexity index is 398. The molecule has 0 bridgehead atoms. The second kappa shape index (κ2) is 5.04. The molecule has 1 heterocycles. The van der Waals surface area contributed by atoms with Crippen LogP contribution in [0.25, 0.3) is 11.3 Å². The van der Waals surface area contributed by atoms with Gasteiger partial charge in [0.1, 0.15) is 0 Å². The summed E-state index contributed by atoms with van der Waals surface area (Å²) in [5.41, 5.74) is 3.68. The summed E-state index contributed by atoms with van der Waals surface area (Å²) >= 11 is 0. The molecule has 0 spiro atoms. The van der Waals surface area contributed by atoms with Crippen LogP contribution in [-0.2, 0) is 20.1 Å². The number of H-pyrrole nitrogens is 1. The fourth-order valence-corrected chi connectivity index (χ4v) is 1.39. The average Bonchev–Trinajstić information content (AvgIpc) is 2.19. The van der Waals surface area contributed by atoms with Crippen molar-refractivity contribution in [2.75, 3.05) is 0 Å². The van der Waals surface area contributed by atoms with Crippen molar-refractivity contribution >= 4 is 0 Å². The molecule has 0 aliphatic rings. The third kappa shape index (κ3) is 2.50. The smallest absolute Gasteiger partial charge is 0.211 e. The van der Waals surface area contributed by atoms with Crippen LogP contribution in [0.15, 0.2) is 48.7 Å². The number of nitrogens with one attached hydrogen (secondary N) is 1. The van der Waals surface area contributed by atoms with Crippen LogP contribution in [0.4, 0.5) is 0 Å². The molecule has 14 heavy (non-hydrogen) atoms. The van der Waals surface area contributed by atoms with Gasteiger partial charge in [-0.25, -0.2) is 4.98 Å². The monoisotopic (exact) mass is 363 g/mol. The molecule has 0 saturated carbocycles. The number of pyridine rings is 1. The molecule has 1 aromatic carbocycles. The molecule has 70 valence electrons. The van der Waals surface area contributed by atoms with E-state index < -0.39 is 0 Å². The molecule has 0 atom stereocenters. The molecule has 1 aromatic heterocycles. The second-order valence-electron chi connectivity index (χ2n) is 3.15. The number of rotatable bonds is 1. The van der Waals surface area contributed by atoms with Gasteiger partial charge >= 0.3 is 20.1 Å². The number of aryl methyl sites for hydroxylation is 1. The molecular weight excluding hydrogens is 350 g/mol.